The van der Waals surface area contributed by atoms with E-state index in [4.69, 9.17) is 4.98 Å². The van der Waals surface area contributed by atoms with Crippen LogP contribution >= 0.6 is 11.3 Å². The number of benzene rings is 1. The molecule has 4 amide bonds. The number of pyridine rings is 1. The summed E-state index contributed by atoms with van der Waals surface area (Å²) in [6.45, 7) is 1.94. The molecule has 6 rings (SSSR count). The largest absolute Gasteiger partial charge is 0.385 e. The van der Waals surface area contributed by atoms with E-state index >= 15 is 0 Å². The Hall–Kier alpha value is -3.80. The Bertz CT molecular complexity index is 1450. The van der Waals surface area contributed by atoms with Crippen molar-refractivity contribution >= 4 is 35.0 Å². The van der Waals surface area contributed by atoms with Gasteiger partial charge < -0.3 is 5.11 Å². The first-order valence-corrected chi connectivity index (χ1v) is 13.4. The van der Waals surface area contributed by atoms with Crippen LogP contribution in [0.3, 0.4) is 0 Å². The molecule has 0 radical (unpaired) electrons. The summed E-state index contributed by atoms with van der Waals surface area (Å²) < 4.78 is 0. The quantitative estimate of drug-likeness (QED) is 0.479. The van der Waals surface area contributed by atoms with Crippen molar-refractivity contribution in [3.05, 3.63) is 70.4 Å². The van der Waals surface area contributed by atoms with Crippen LogP contribution < -0.4 is 5.32 Å². The van der Waals surface area contributed by atoms with Crippen molar-refractivity contribution in [2.24, 2.45) is 0 Å². The van der Waals surface area contributed by atoms with Crippen LogP contribution in [0.1, 0.15) is 57.7 Å². The van der Waals surface area contributed by atoms with Crippen LogP contribution in [0.15, 0.2) is 48.0 Å². The van der Waals surface area contributed by atoms with Gasteiger partial charge in [0, 0.05) is 37.6 Å². The average Bonchev–Trinajstić information content (AvgIpc) is 3.49. The van der Waals surface area contributed by atoms with Crippen molar-refractivity contribution < 1.29 is 24.3 Å². The molecule has 0 bridgehead atoms. The molecule has 0 spiro atoms. The standard InChI is InChI=1S/C27H25N5O5S/c33-22-7-6-21(23(34)30-22)32-25(35)18-5-4-16(13-19(18)26(32)36)27(37)8-11-31(12-9-27)14-17-15-38-24(29-17)20-3-1-2-10-28-20/h1-5,10,13,15,21,37H,6-9,11-12,14H2,(H,30,33,34). The van der Waals surface area contributed by atoms with Gasteiger partial charge in [-0.3, -0.25) is 39.3 Å². The second-order valence-electron chi connectivity index (χ2n) is 9.87. The summed E-state index contributed by atoms with van der Waals surface area (Å²) in [5.41, 5.74) is 1.62. The summed E-state index contributed by atoms with van der Waals surface area (Å²) in [6, 6.07) is 9.54. The van der Waals surface area contributed by atoms with Crippen LogP contribution in [0.4, 0.5) is 0 Å². The maximum Gasteiger partial charge on any atom is 0.262 e. The molecule has 2 aromatic heterocycles. The zero-order valence-electron chi connectivity index (χ0n) is 20.4. The average molecular weight is 532 g/mol. The number of aromatic nitrogens is 2. The number of nitrogens with one attached hydrogen (secondary N) is 1. The lowest BCUT2D eigenvalue weighted by molar-refractivity contribution is -0.136. The van der Waals surface area contributed by atoms with E-state index in [0.717, 1.165) is 21.3 Å². The molecular formula is C27H25N5O5S. The van der Waals surface area contributed by atoms with Gasteiger partial charge in [-0.15, -0.1) is 11.3 Å². The Balaban J connectivity index is 1.13. The molecule has 0 aliphatic carbocycles. The number of carbonyl (C=O) groups is 4. The van der Waals surface area contributed by atoms with Gasteiger partial charge in [-0.25, -0.2) is 4.98 Å². The molecule has 3 aliphatic heterocycles. The molecule has 3 aromatic rings. The second-order valence-corrected chi connectivity index (χ2v) is 10.7. The highest BCUT2D eigenvalue weighted by Gasteiger charge is 2.45. The normalized spacial score (nSPS) is 21.5. The van der Waals surface area contributed by atoms with Gasteiger partial charge in [0.2, 0.25) is 11.8 Å². The summed E-state index contributed by atoms with van der Waals surface area (Å²) in [5, 5.41) is 16.6. The van der Waals surface area contributed by atoms with E-state index in [1.807, 2.05) is 23.6 Å². The zero-order chi connectivity index (χ0) is 26.4. The van der Waals surface area contributed by atoms with Crippen LogP contribution in [-0.2, 0) is 21.7 Å². The van der Waals surface area contributed by atoms with Crippen LogP contribution in [0, 0.1) is 0 Å². The Kier molecular flexibility index (Phi) is 6.13. The molecule has 1 aromatic carbocycles. The van der Waals surface area contributed by atoms with Crippen molar-refractivity contribution in [2.45, 2.75) is 43.9 Å². The number of carbonyl (C=O) groups excluding carboxylic acids is 4. The van der Waals surface area contributed by atoms with Gasteiger partial charge >= 0.3 is 0 Å². The van der Waals surface area contributed by atoms with E-state index in [0.29, 0.717) is 38.0 Å². The first-order valence-electron chi connectivity index (χ1n) is 12.5. The molecule has 194 valence electrons. The van der Waals surface area contributed by atoms with Crippen LogP contribution in [0.25, 0.3) is 10.7 Å². The molecule has 11 heteroatoms. The third kappa shape index (κ3) is 4.32. The number of fused-ring (bicyclic) bond motifs is 1. The van der Waals surface area contributed by atoms with Crippen LogP contribution in [-0.4, -0.2) is 67.6 Å². The lowest BCUT2D eigenvalue weighted by Gasteiger charge is -2.38. The van der Waals surface area contributed by atoms with Gasteiger partial charge in [0.1, 0.15) is 11.0 Å². The summed E-state index contributed by atoms with van der Waals surface area (Å²) >= 11 is 1.56. The highest BCUT2D eigenvalue weighted by Crippen LogP contribution is 2.37. The van der Waals surface area contributed by atoms with E-state index in [1.165, 1.54) is 0 Å². The van der Waals surface area contributed by atoms with Gasteiger partial charge in [-0.2, -0.15) is 0 Å². The highest BCUT2D eigenvalue weighted by atomic mass is 32.1. The fourth-order valence-corrected chi connectivity index (χ4v) is 6.13. The molecule has 2 saturated heterocycles. The highest BCUT2D eigenvalue weighted by molar-refractivity contribution is 7.13. The summed E-state index contributed by atoms with van der Waals surface area (Å²) in [5.74, 6) is -2.19. The van der Waals surface area contributed by atoms with Crippen LogP contribution in [0.5, 0.6) is 0 Å². The minimum atomic E-state index is -1.14. The Labute approximate surface area is 222 Å². The second kappa shape index (κ2) is 9.50. The van der Waals surface area contributed by atoms with E-state index in [9.17, 15) is 24.3 Å². The number of hydrogen-bond donors (Lipinski definition) is 2. The monoisotopic (exact) mass is 531 g/mol. The van der Waals surface area contributed by atoms with E-state index < -0.39 is 35.3 Å². The number of likely N-dealkylation sites (tertiary alicyclic amines) is 1. The third-order valence-corrected chi connectivity index (χ3v) is 8.40. The molecule has 2 N–H and O–H groups in total. The Morgan fingerprint density at radius 1 is 1.05 bits per heavy atom. The van der Waals surface area contributed by atoms with Crippen molar-refractivity contribution in [2.75, 3.05) is 13.1 Å². The van der Waals surface area contributed by atoms with Crippen LogP contribution in [0.2, 0.25) is 0 Å². The van der Waals surface area contributed by atoms with Crippen molar-refractivity contribution in [1.82, 2.24) is 25.1 Å². The number of amides is 4. The first kappa shape index (κ1) is 24.5. The molecule has 3 aliphatic rings. The summed E-state index contributed by atoms with van der Waals surface area (Å²) in [4.78, 5) is 62.2. The zero-order valence-corrected chi connectivity index (χ0v) is 21.2. The van der Waals surface area contributed by atoms with Gasteiger partial charge in [0.05, 0.1) is 28.1 Å². The van der Waals surface area contributed by atoms with Crippen molar-refractivity contribution in [1.29, 1.82) is 0 Å². The summed E-state index contributed by atoms with van der Waals surface area (Å²) in [7, 11) is 0. The van der Waals surface area contributed by atoms with E-state index in [1.54, 1.807) is 35.7 Å². The van der Waals surface area contributed by atoms with Gasteiger partial charge in [0.15, 0.2) is 0 Å². The number of rotatable bonds is 5. The number of piperidine rings is 2. The number of nitrogens with zero attached hydrogens (tertiary/aromatic N) is 4. The molecule has 38 heavy (non-hydrogen) atoms. The predicted octanol–water partition coefficient (Wildman–Crippen LogP) is 2.09. The molecule has 5 heterocycles. The lowest BCUT2D eigenvalue weighted by atomic mass is 9.83. The topological polar surface area (TPSA) is 133 Å². The Morgan fingerprint density at radius 2 is 1.84 bits per heavy atom. The van der Waals surface area contributed by atoms with E-state index in [2.05, 4.69) is 15.2 Å². The van der Waals surface area contributed by atoms with Gasteiger partial charge in [0.25, 0.3) is 11.8 Å². The number of hydrogen-bond acceptors (Lipinski definition) is 9. The van der Waals surface area contributed by atoms with Crippen molar-refractivity contribution in [3.63, 3.8) is 0 Å². The minimum absolute atomic E-state index is 0.0661. The number of imide groups is 2. The van der Waals surface area contributed by atoms with Crippen molar-refractivity contribution in [3.8, 4) is 10.7 Å². The minimum Gasteiger partial charge on any atom is -0.385 e. The summed E-state index contributed by atoms with van der Waals surface area (Å²) in [6.07, 6.45) is 2.84. The molecule has 2 fully saturated rings. The first-order chi connectivity index (χ1) is 18.3. The Morgan fingerprint density at radius 3 is 2.58 bits per heavy atom. The SMILES string of the molecule is O=C1CCC(N2C(=O)c3ccc(C4(O)CCN(Cc5csc(-c6ccccn6)n5)CC4)cc3C2=O)C(=O)N1. The number of aliphatic hydroxyl groups is 1. The molecule has 0 saturated carbocycles. The fraction of sp³-hybridized carbons (Fsp3) is 0.333. The predicted molar refractivity (Wildman–Crippen MR) is 137 cm³/mol. The van der Waals surface area contributed by atoms with E-state index in [-0.39, 0.29) is 24.0 Å². The maximum atomic E-state index is 13.2. The lowest BCUT2D eigenvalue weighted by Crippen LogP contribution is -2.54. The van der Waals surface area contributed by atoms with Gasteiger partial charge in [-0.05, 0) is 49.1 Å². The fourth-order valence-electron chi connectivity index (χ4n) is 5.35. The maximum absolute atomic E-state index is 13.2. The van der Waals surface area contributed by atoms with Gasteiger partial charge in [-0.1, -0.05) is 12.1 Å². The molecule has 1 atom stereocenters. The smallest absolute Gasteiger partial charge is 0.262 e. The molecular weight excluding hydrogens is 506 g/mol. The number of thiazole rings is 1. The molecule has 10 nitrogen and oxygen atoms in total. The third-order valence-electron chi connectivity index (χ3n) is 7.48. The molecule has 1 unspecified atom stereocenters.